The zero-order valence-electron chi connectivity index (χ0n) is 12.5. The molecule has 6 heteroatoms. The molecule has 1 aliphatic heterocycles. The Hall–Kier alpha value is -2.60. The van der Waals surface area contributed by atoms with Crippen LogP contribution in [0, 0.1) is 0 Å². The number of nitrogens with one attached hydrogen (secondary N) is 1. The second kappa shape index (κ2) is 5.24. The lowest BCUT2D eigenvalue weighted by molar-refractivity contribution is 0.0766. The molecule has 3 heterocycles. The Morgan fingerprint density at radius 2 is 2.26 bits per heavy atom. The minimum absolute atomic E-state index is 0.0201. The van der Waals surface area contributed by atoms with Crippen molar-refractivity contribution in [3.05, 3.63) is 51.8 Å². The lowest BCUT2D eigenvalue weighted by atomic mass is 10.0. The number of carbonyl (C=O) groups is 1. The molecule has 1 aliphatic rings. The first-order valence-corrected chi connectivity index (χ1v) is 8.20. The molecule has 0 aliphatic carbocycles. The van der Waals surface area contributed by atoms with Crippen LogP contribution in [0.2, 0.25) is 0 Å². The van der Waals surface area contributed by atoms with Gasteiger partial charge in [0.1, 0.15) is 5.52 Å². The average Bonchev–Trinajstić information content (AvgIpc) is 3.18. The molecule has 0 spiro atoms. The van der Waals surface area contributed by atoms with Gasteiger partial charge in [0.15, 0.2) is 5.75 Å². The summed E-state index contributed by atoms with van der Waals surface area (Å²) < 4.78 is 0. The first-order chi connectivity index (χ1) is 11.2. The van der Waals surface area contributed by atoms with Crippen molar-refractivity contribution in [2.24, 2.45) is 0 Å². The Balaban J connectivity index is 1.86. The van der Waals surface area contributed by atoms with Gasteiger partial charge in [0.25, 0.3) is 5.91 Å². The Bertz CT molecular complexity index is 906. The van der Waals surface area contributed by atoms with Crippen LogP contribution >= 0.6 is 11.3 Å². The van der Waals surface area contributed by atoms with Crippen molar-refractivity contribution in [2.75, 3.05) is 12.4 Å². The van der Waals surface area contributed by atoms with E-state index in [4.69, 9.17) is 0 Å². The number of fused-ring (bicyclic) bond motifs is 2. The van der Waals surface area contributed by atoms with E-state index in [1.165, 1.54) is 0 Å². The SMILES string of the molecule is CNc1c2c(c(O)c3ncccc13)C(=O)N(Cc1cccs1)C2. The summed E-state index contributed by atoms with van der Waals surface area (Å²) in [7, 11) is 1.82. The summed E-state index contributed by atoms with van der Waals surface area (Å²) >= 11 is 1.62. The van der Waals surface area contributed by atoms with Gasteiger partial charge in [0, 0.05) is 41.3 Å². The molecule has 0 saturated carbocycles. The highest BCUT2D eigenvalue weighted by atomic mass is 32.1. The number of phenolic OH excluding ortho intramolecular Hbond substituents is 1. The number of hydrogen-bond acceptors (Lipinski definition) is 5. The highest BCUT2D eigenvalue weighted by molar-refractivity contribution is 7.09. The fraction of sp³-hybridized carbons (Fsp3) is 0.176. The highest BCUT2D eigenvalue weighted by Gasteiger charge is 2.34. The smallest absolute Gasteiger partial charge is 0.258 e. The number of hydrogen-bond donors (Lipinski definition) is 2. The van der Waals surface area contributed by atoms with Crippen LogP contribution in [-0.4, -0.2) is 27.9 Å². The van der Waals surface area contributed by atoms with E-state index in [0.29, 0.717) is 24.2 Å². The van der Waals surface area contributed by atoms with Gasteiger partial charge in [-0.25, -0.2) is 0 Å². The van der Waals surface area contributed by atoms with Crippen molar-refractivity contribution in [1.29, 1.82) is 0 Å². The molecule has 2 aromatic heterocycles. The van der Waals surface area contributed by atoms with Gasteiger partial charge in [-0.15, -0.1) is 11.3 Å². The average molecular weight is 325 g/mol. The summed E-state index contributed by atoms with van der Waals surface area (Å²) in [5.74, 6) is -0.164. The molecule has 3 aromatic rings. The van der Waals surface area contributed by atoms with Crippen LogP contribution in [0.4, 0.5) is 5.69 Å². The number of pyridine rings is 1. The minimum Gasteiger partial charge on any atom is -0.505 e. The number of phenols is 1. The number of aromatic nitrogens is 1. The van der Waals surface area contributed by atoms with E-state index in [0.717, 1.165) is 21.5 Å². The van der Waals surface area contributed by atoms with E-state index in [-0.39, 0.29) is 11.7 Å². The van der Waals surface area contributed by atoms with Crippen molar-refractivity contribution in [1.82, 2.24) is 9.88 Å². The monoisotopic (exact) mass is 325 g/mol. The van der Waals surface area contributed by atoms with Gasteiger partial charge in [-0.1, -0.05) is 6.07 Å². The number of thiophene rings is 1. The van der Waals surface area contributed by atoms with Crippen LogP contribution in [0.1, 0.15) is 20.8 Å². The molecule has 0 saturated heterocycles. The quantitative estimate of drug-likeness (QED) is 0.726. The van der Waals surface area contributed by atoms with Crippen LogP contribution in [0.5, 0.6) is 5.75 Å². The third kappa shape index (κ3) is 2.06. The van der Waals surface area contributed by atoms with Gasteiger partial charge in [-0.2, -0.15) is 0 Å². The summed E-state index contributed by atoms with van der Waals surface area (Å²) in [5.41, 5.74) is 2.54. The van der Waals surface area contributed by atoms with E-state index in [1.807, 2.05) is 36.7 Å². The first-order valence-electron chi connectivity index (χ1n) is 7.32. The molecule has 0 atom stereocenters. The Labute approximate surface area is 137 Å². The lowest BCUT2D eigenvalue weighted by Gasteiger charge is -2.14. The van der Waals surface area contributed by atoms with Gasteiger partial charge in [-0.05, 0) is 23.6 Å². The molecule has 23 heavy (non-hydrogen) atoms. The van der Waals surface area contributed by atoms with Gasteiger partial charge in [0.05, 0.1) is 12.1 Å². The van der Waals surface area contributed by atoms with Crippen molar-refractivity contribution in [2.45, 2.75) is 13.1 Å². The fourth-order valence-electron chi connectivity index (χ4n) is 3.16. The predicted molar refractivity (Wildman–Crippen MR) is 90.9 cm³/mol. The van der Waals surface area contributed by atoms with E-state index in [9.17, 15) is 9.90 Å². The molecule has 4 rings (SSSR count). The third-order valence-electron chi connectivity index (χ3n) is 4.17. The topological polar surface area (TPSA) is 65.5 Å². The number of benzene rings is 1. The van der Waals surface area contributed by atoms with Gasteiger partial charge in [-0.3, -0.25) is 9.78 Å². The Morgan fingerprint density at radius 3 is 3.00 bits per heavy atom. The zero-order chi connectivity index (χ0) is 16.0. The van der Waals surface area contributed by atoms with Gasteiger partial charge < -0.3 is 15.3 Å². The highest BCUT2D eigenvalue weighted by Crippen LogP contribution is 2.42. The van der Waals surface area contributed by atoms with Crippen LogP contribution in [-0.2, 0) is 13.1 Å². The zero-order valence-corrected chi connectivity index (χ0v) is 13.4. The maximum Gasteiger partial charge on any atom is 0.258 e. The lowest BCUT2D eigenvalue weighted by Crippen LogP contribution is -2.22. The Morgan fingerprint density at radius 1 is 1.39 bits per heavy atom. The second-order valence-electron chi connectivity index (χ2n) is 5.47. The Kier molecular flexibility index (Phi) is 3.20. The van der Waals surface area contributed by atoms with Crippen molar-refractivity contribution < 1.29 is 9.90 Å². The summed E-state index contributed by atoms with van der Waals surface area (Å²) in [6.45, 7) is 1.04. The number of amides is 1. The number of rotatable bonds is 3. The molecule has 0 unspecified atom stereocenters. The third-order valence-corrected chi connectivity index (χ3v) is 5.03. The predicted octanol–water partition coefficient (Wildman–Crippen LogP) is 3.20. The minimum atomic E-state index is -0.144. The molecule has 0 fully saturated rings. The largest absolute Gasteiger partial charge is 0.505 e. The maximum absolute atomic E-state index is 12.8. The summed E-state index contributed by atoms with van der Waals surface area (Å²) in [6.07, 6.45) is 1.62. The maximum atomic E-state index is 12.8. The van der Waals surface area contributed by atoms with Crippen LogP contribution in [0.3, 0.4) is 0 Å². The van der Waals surface area contributed by atoms with Gasteiger partial charge >= 0.3 is 0 Å². The van der Waals surface area contributed by atoms with Crippen LogP contribution < -0.4 is 5.32 Å². The van der Waals surface area contributed by atoms with Crippen molar-refractivity contribution in [3.8, 4) is 5.75 Å². The van der Waals surface area contributed by atoms with Gasteiger partial charge in [0.2, 0.25) is 0 Å². The number of nitrogens with zero attached hydrogens (tertiary/aromatic N) is 2. The van der Waals surface area contributed by atoms with Crippen LogP contribution in [0.15, 0.2) is 35.8 Å². The molecule has 0 radical (unpaired) electrons. The molecular weight excluding hydrogens is 310 g/mol. The fourth-order valence-corrected chi connectivity index (χ4v) is 3.88. The van der Waals surface area contributed by atoms with Crippen molar-refractivity contribution in [3.63, 3.8) is 0 Å². The molecule has 1 aromatic carbocycles. The van der Waals surface area contributed by atoms with Crippen molar-refractivity contribution >= 4 is 33.8 Å². The molecule has 0 bridgehead atoms. The molecule has 116 valence electrons. The van der Waals surface area contributed by atoms with E-state index >= 15 is 0 Å². The standard InChI is InChI=1S/C17H15N3O2S/c1-18-14-11-5-2-6-19-15(11)16(21)13-12(14)9-20(17(13)22)8-10-4-3-7-23-10/h2-7,18,21H,8-9H2,1H3. The summed E-state index contributed by atoms with van der Waals surface area (Å²) in [5, 5.41) is 16.6. The second-order valence-corrected chi connectivity index (χ2v) is 6.50. The van der Waals surface area contributed by atoms with E-state index in [1.54, 1.807) is 22.4 Å². The molecule has 1 amide bonds. The van der Waals surface area contributed by atoms with Crippen LogP contribution in [0.25, 0.3) is 10.9 Å². The first kappa shape index (κ1) is 14.0. The molecule has 2 N–H and O–H groups in total. The number of carbonyl (C=O) groups excluding carboxylic acids is 1. The van der Waals surface area contributed by atoms with E-state index in [2.05, 4.69) is 10.3 Å². The number of aromatic hydroxyl groups is 1. The summed E-state index contributed by atoms with van der Waals surface area (Å²) in [4.78, 5) is 19.9. The molecule has 5 nitrogen and oxygen atoms in total. The van der Waals surface area contributed by atoms with E-state index < -0.39 is 0 Å². The summed E-state index contributed by atoms with van der Waals surface area (Å²) in [6, 6.07) is 7.72. The number of anilines is 1. The normalized spacial score (nSPS) is 13.6. The molecular formula is C17H15N3O2S.